The van der Waals surface area contributed by atoms with Gasteiger partial charge in [-0.05, 0) is 42.7 Å². The topological polar surface area (TPSA) is 42.0 Å². The average Bonchev–Trinajstić information content (AvgIpc) is 2.38. The lowest BCUT2D eigenvalue weighted by molar-refractivity contribution is -0.116. The Bertz CT molecular complexity index is 584. The molecule has 0 unspecified atom stereocenters. The highest BCUT2D eigenvalue weighted by Crippen LogP contribution is 2.16. The molecular weight excluding hydrogens is 260 g/mol. The minimum Gasteiger partial charge on any atom is -0.311 e. The summed E-state index contributed by atoms with van der Waals surface area (Å²) in [6, 6.07) is 11.3. The molecule has 0 spiro atoms. The fourth-order valence-corrected chi connectivity index (χ4v) is 1.99. The van der Waals surface area contributed by atoms with Crippen molar-refractivity contribution in [2.45, 2.75) is 19.8 Å². The second-order valence-corrected chi connectivity index (χ2v) is 4.77. The molecule has 4 heteroatoms. The number of nitrogens with one attached hydrogen (secondary N) is 1. The molecule has 0 bridgehead atoms. The Hall–Kier alpha value is -1.87. The molecule has 1 aromatic heterocycles. The van der Waals surface area contributed by atoms with E-state index in [0.29, 0.717) is 23.7 Å². The van der Waals surface area contributed by atoms with Crippen LogP contribution in [0.5, 0.6) is 0 Å². The van der Waals surface area contributed by atoms with E-state index in [0.717, 1.165) is 11.1 Å². The number of anilines is 1. The first kappa shape index (κ1) is 13.6. The van der Waals surface area contributed by atoms with Crippen LogP contribution in [0.2, 0.25) is 5.02 Å². The molecule has 19 heavy (non-hydrogen) atoms. The summed E-state index contributed by atoms with van der Waals surface area (Å²) in [4.78, 5) is 15.9. The van der Waals surface area contributed by atoms with Gasteiger partial charge in [-0.15, -0.1) is 0 Å². The largest absolute Gasteiger partial charge is 0.311 e. The maximum Gasteiger partial charge on any atom is 0.225 e. The zero-order valence-electron chi connectivity index (χ0n) is 10.7. The monoisotopic (exact) mass is 274 g/mol. The zero-order chi connectivity index (χ0) is 13.7. The Morgan fingerprint density at radius 2 is 2.11 bits per heavy atom. The van der Waals surface area contributed by atoms with Gasteiger partial charge >= 0.3 is 0 Å². The zero-order valence-corrected chi connectivity index (χ0v) is 11.4. The third-order valence-corrected chi connectivity index (χ3v) is 3.13. The molecule has 0 atom stereocenters. The molecule has 0 saturated carbocycles. The Labute approximate surface area is 117 Å². The van der Waals surface area contributed by atoms with Crippen LogP contribution >= 0.6 is 11.6 Å². The molecule has 1 N–H and O–H groups in total. The molecule has 2 rings (SSSR count). The van der Waals surface area contributed by atoms with Gasteiger partial charge < -0.3 is 5.32 Å². The predicted octanol–water partition coefficient (Wildman–Crippen LogP) is 3.61. The number of aryl methyl sites for hydroxylation is 2. The minimum atomic E-state index is -0.0574. The molecule has 1 amide bonds. The Kier molecular flexibility index (Phi) is 4.53. The van der Waals surface area contributed by atoms with Gasteiger partial charge in [0.1, 0.15) is 5.82 Å². The number of nitrogens with zero attached hydrogens (tertiary/aromatic N) is 1. The van der Waals surface area contributed by atoms with Gasteiger partial charge in [-0.3, -0.25) is 4.79 Å². The Morgan fingerprint density at radius 1 is 1.32 bits per heavy atom. The summed E-state index contributed by atoms with van der Waals surface area (Å²) in [6.07, 6.45) is 2.69. The van der Waals surface area contributed by atoms with E-state index in [1.54, 1.807) is 6.20 Å². The van der Waals surface area contributed by atoms with Crippen LogP contribution in [0.25, 0.3) is 0 Å². The normalized spacial score (nSPS) is 10.2. The first-order chi connectivity index (χ1) is 9.15. The summed E-state index contributed by atoms with van der Waals surface area (Å²) in [5.74, 6) is 0.530. The van der Waals surface area contributed by atoms with Crippen LogP contribution < -0.4 is 5.32 Å². The summed E-state index contributed by atoms with van der Waals surface area (Å²) < 4.78 is 0. The number of benzene rings is 1. The Morgan fingerprint density at radius 3 is 2.84 bits per heavy atom. The summed E-state index contributed by atoms with van der Waals surface area (Å²) in [5, 5.41) is 3.48. The van der Waals surface area contributed by atoms with Gasteiger partial charge in [0.15, 0.2) is 0 Å². The van der Waals surface area contributed by atoms with Gasteiger partial charge in [0.2, 0.25) is 5.91 Å². The maximum absolute atomic E-state index is 11.8. The van der Waals surface area contributed by atoms with E-state index < -0.39 is 0 Å². The number of amides is 1. The van der Waals surface area contributed by atoms with E-state index in [2.05, 4.69) is 10.3 Å². The van der Waals surface area contributed by atoms with E-state index >= 15 is 0 Å². The van der Waals surface area contributed by atoms with E-state index in [1.165, 1.54) is 0 Å². The molecule has 1 heterocycles. The van der Waals surface area contributed by atoms with Crippen molar-refractivity contribution >= 4 is 23.3 Å². The van der Waals surface area contributed by atoms with Crippen molar-refractivity contribution in [1.29, 1.82) is 0 Å². The first-order valence-electron chi connectivity index (χ1n) is 6.11. The van der Waals surface area contributed by atoms with Crippen molar-refractivity contribution in [3.63, 3.8) is 0 Å². The highest BCUT2D eigenvalue weighted by Gasteiger charge is 2.06. The fraction of sp³-hybridized carbons (Fsp3) is 0.200. The van der Waals surface area contributed by atoms with Crippen LogP contribution in [0.15, 0.2) is 42.6 Å². The summed E-state index contributed by atoms with van der Waals surface area (Å²) in [6.45, 7) is 1.96. The van der Waals surface area contributed by atoms with Crippen molar-refractivity contribution in [1.82, 2.24) is 4.98 Å². The van der Waals surface area contributed by atoms with Crippen LogP contribution in [0.4, 0.5) is 5.82 Å². The van der Waals surface area contributed by atoms with Crippen LogP contribution in [0, 0.1) is 6.92 Å². The maximum atomic E-state index is 11.8. The Balaban J connectivity index is 1.90. The SMILES string of the molecule is Cc1ccnc(NC(=O)CCc2ccccc2Cl)c1. The highest BCUT2D eigenvalue weighted by atomic mass is 35.5. The smallest absolute Gasteiger partial charge is 0.225 e. The molecule has 0 aliphatic carbocycles. The van der Waals surface area contributed by atoms with E-state index in [4.69, 9.17) is 11.6 Å². The quantitative estimate of drug-likeness (QED) is 0.925. The molecule has 1 aromatic carbocycles. The van der Waals surface area contributed by atoms with Gasteiger partial charge in [-0.1, -0.05) is 29.8 Å². The lowest BCUT2D eigenvalue weighted by Crippen LogP contribution is -2.13. The van der Waals surface area contributed by atoms with Gasteiger partial charge in [-0.2, -0.15) is 0 Å². The minimum absolute atomic E-state index is 0.0574. The number of carbonyl (C=O) groups is 1. The third kappa shape index (κ3) is 4.07. The van der Waals surface area contributed by atoms with E-state index in [-0.39, 0.29) is 5.91 Å². The molecule has 0 aliphatic heterocycles. The van der Waals surface area contributed by atoms with Crippen LogP contribution in [-0.4, -0.2) is 10.9 Å². The number of carbonyl (C=O) groups excluding carboxylic acids is 1. The van der Waals surface area contributed by atoms with Gasteiger partial charge in [-0.25, -0.2) is 4.98 Å². The summed E-state index contributed by atoms with van der Waals surface area (Å²) in [7, 11) is 0. The summed E-state index contributed by atoms with van der Waals surface area (Å²) >= 11 is 6.04. The molecule has 0 radical (unpaired) electrons. The lowest BCUT2D eigenvalue weighted by Gasteiger charge is -2.06. The first-order valence-corrected chi connectivity index (χ1v) is 6.49. The molecule has 98 valence electrons. The average molecular weight is 275 g/mol. The number of hydrogen-bond acceptors (Lipinski definition) is 2. The molecule has 3 nitrogen and oxygen atoms in total. The fourth-order valence-electron chi connectivity index (χ4n) is 1.76. The molecule has 0 aliphatic rings. The molecular formula is C15H15ClN2O. The van der Waals surface area contributed by atoms with Gasteiger partial charge in [0.05, 0.1) is 0 Å². The lowest BCUT2D eigenvalue weighted by atomic mass is 10.1. The predicted molar refractivity (Wildman–Crippen MR) is 77.4 cm³/mol. The van der Waals surface area contributed by atoms with E-state index in [9.17, 15) is 4.79 Å². The van der Waals surface area contributed by atoms with Crippen LogP contribution in [0.1, 0.15) is 17.5 Å². The van der Waals surface area contributed by atoms with E-state index in [1.807, 2.05) is 43.3 Å². The van der Waals surface area contributed by atoms with Gasteiger partial charge in [0, 0.05) is 17.6 Å². The summed E-state index contributed by atoms with van der Waals surface area (Å²) in [5.41, 5.74) is 2.05. The molecule has 0 saturated heterocycles. The van der Waals surface area contributed by atoms with Crippen molar-refractivity contribution < 1.29 is 4.79 Å². The second-order valence-electron chi connectivity index (χ2n) is 4.36. The number of halogens is 1. The van der Waals surface area contributed by atoms with Crippen molar-refractivity contribution in [3.8, 4) is 0 Å². The molecule has 2 aromatic rings. The highest BCUT2D eigenvalue weighted by molar-refractivity contribution is 6.31. The standard InChI is InChI=1S/C15H15ClN2O/c1-11-8-9-17-14(10-11)18-15(19)7-6-12-4-2-3-5-13(12)16/h2-5,8-10H,6-7H2,1H3,(H,17,18,19). The van der Waals surface area contributed by atoms with Crippen molar-refractivity contribution in [2.24, 2.45) is 0 Å². The van der Waals surface area contributed by atoms with Crippen LogP contribution in [-0.2, 0) is 11.2 Å². The van der Waals surface area contributed by atoms with Crippen molar-refractivity contribution in [3.05, 3.63) is 58.7 Å². The molecule has 0 fully saturated rings. The van der Waals surface area contributed by atoms with Gasteiger partial charge in [0.25, 0.3) is 0 Å². The number of hydrogen-bond donors (Lipinski definition) is 1. The van der Waals surface area contributed by atoms with Crippen molar-refractivity contribution in [2.75, 3.05) is 5.32 Å². The second kappa shape index (κ2) is 6.34. The van der Waals surface area contributed by atoms with Crippen LogP contribution in [0.3, 0.4) is 0 Å². The number of pyridine rings is 1. The number of aromatic nitrogens is 1. The third-order valence-electron chi connectivity index (χ3n) is 2.76. The number of rotatable bonds is 4.